The second-order valence-electron chi connectivity index (χ2n) is 5.03. The first kappa shape index (κ1) is 14.8. The Morgan fingerprint density at radius 1 is 0.952 bits per heavy atom. The molecule has 4 heteroatoms. The summed E-state index contributed by atoms with van der Waals surface area (Å²) in [6.07, 6.45) is 0. The van der Waals surface area contributed by atoms with E-state index in [1.165, 1.54) is 6.92 Å². The Bertz CT molecular complexity index is 661. The van der Waals surface area contributed by atoms with Gasteiger partial charge in [0.15, 0.2) is 5.78 Å². The van der Waals surface area contributed by atoms with Crippen molar-refractivity contribution in [3.05, 3.63) is 59.7 Å². The van der Waals surface area contributed by atoms with Gasteiger partial charge in [-0.2, -0.15) is 0 Å². The highest BCUT2D eigenvalue weighted by atomic mass is 16.1. The Morgan fingerprint density at radius 3 is 2.19 bits per heavy atom. The van der Waals surface area contributed by atoms with Gasteiger partial charge in [-0.15, -0.1) is 0 Å². The molecule has 0 fully saturated rings. The molecule has 4 nitrogen and oxygen atoms in total. The van der Waals surface area contributed by atoms with E-state index in [2.05, 4.69) is 5.32 Å². The van der Waals surface area contributed by atoms with Crippen LogP contribution < -0.4 is 10.2 Å². The van der Waals surface area contributed by atoms with E-state index in [1.54, 1.807) is 30.3 Å². The number of carbonyl (C=O) groups excluding carboxylic acids is 2. The second-order valence-corrected chi connectivity index (χ2v) is 5.03. The van der Waals surface area contributed by atoms with Crippen LogP contribution in [-0.2, 0) is 0 Å². The summed E-state index contributed by atoms with van der Waals surface area (Å²) >= 11 is 0. The molecule has 21 heavy (non-hydrogen) atoms. The van der Waals surface area contributed by atoms with Crippen LogP contribution in [0.2, 0.25) is 0 Å². The minimum atomic E-state index is -0.172. The summed E-state index contributed by atoms with van der Waals surface area (Å²) in [6, 6.07) is 14.3. The number of rotatable bonds is 4. The van der Waals surface area contributed by atoms with Gasteiger partial charge in [0.05, 0.1) is 0 Å². The molecule has 0 radical (unpaired) electrons. The van der Waals surface area contributed by atoms with Gasteiger partial charge in [0.2, 0.25) is 0 Å². The predicted octanol–water partition coefficient (Wildman–Crippen LogP) is 3.21. The van der Waals surface area contributed by atoms with Crippen LogP contribution >= 0.6 is 0 Å². The molecule has 0 bridgehead atoms. The van der Waals surface area contributed by atoms with Crippen LogP contribution in [0.4, 0.5) is 11.4 Å². The molecule has 2 aromatic rings. The topological polar surface area (TPSA) is 49.4 Å². The molecule has 0 aliphatic heterocycles. The lowest BCUT2D eigenvalue weighted by Crippen LogP contribution is -2.14. The van der Waals surface area contributed by atoms with Crippen molar-refractivity contribution in [3.8, 4) is 0 Å². The highest BCUT2D eigenvalue weighted by Gasteiger charge is 2.08. The molecule has 0 aliphatic carbocycles. The molecule has 1 amide bonds. The Labute approximate surface area is 124 Å². The fourth-order valence-corrected chi connectivity index (χ4v) is 1.92. The average Bonchev–Trinajstić information content (AvgIpc) is 2.48. The van der Waals surface area contributed by atoms with Gasteiger partial charge in [0.1, 0.15) is 0 Å². The maximum absolute atomic E-state index is 12.2. The minimum Gasteiger partial charge on any atom is -0.378 e. The van der Waals surface area contributed by atoms with Crippen molar-refractivity contribution < 1.29 is 9.59 Å². The summed E-state index contributed by atoms with van der Waals surface area (Å²) in [4.78, 5) is 25.4. The molecule has 2 rings (SSSR count). The van der Waals surface area contributed by atoms with Gasteiger partial charge in [-0.05, 0) is 49.4 Å². The smallest absolute Gasteiger partial charge is 0.255 e. The van der Waals surface area contributed by atoms with Crippen LogP contribution in [0.3, 0.4) is 0 Å². The Balaban J connectivity index is 2.14. The number of nitrogens with zero attached hydrogens (tertiary/aromatic N) is 1. The lowest BCUT2D eigenvalue weighted by Gasteiger charge is -2.13. The van der Waals surface area contributed by atoms with Gasteiger partial charge >= 0.3 is 0 Å². The van der Waals surface area contributed by atoms with Gasteiger partial charge in [-0.3, -0.25) is 9.59 Å². The highest BCUT2D eigenvalue weighted by Crippen LogP contribution is 2.16. The number of hydrogen-bond acceptors (Lipinski definition) is 3. The molecule has 0 aromatic heterocycles. The third-order valence-electron chi connectivity index (χ3n) is 3.17. The molecular formula is C17H18N2O2. The molecule has 1 N–H and O–H groups in total. The summed E-state index contributed by atoms with van der Waals surface area (Å²) in [7, 11) is 3.86. The number of amides is 1. The van der Waals surface area contributed by atoms with Crippen LogP contribution in [0.25, 0.3) is 0 Å². The van der Waals surface area contributed by atoms with Gasteiger partial charge < -0.3 is 10.2 Å². The summed E-state index contributed by atoms with van der Waals surface area (Å²) in [5.41, 5.74) is 2.86. The van der Waals surface area contributed by atoms with Crippen molar-refractivity contribution in [1.82, 2.24) is 0 Å². The van der Waals surface area contributed by atoms with Gasteiger partial charge in [-0.25, -0.2) is 0 Å². The lowest BCUT2D eigenvalue weighted by molar-refractivity contribution is 0.101. The number of Topliss-reactive ketones (excluding diaryl/α,β-unsaturated/α-hetero) is 1. The van der Waals surface area contributed by atoms with Gasteiger partial charge in [-0.1, -0.05) is 6.07 Å². The molecule has 0 saturated carbocycles. The van der Waals surface area contributed by atoms with E-state index in [0.717, 1.165) is 5.69 Å². The van der Waals surface area contributed by atoms with Crippen molar-refractivity contribution in [1.29, 1.82) is 0 Å². The first-order valence-electron chi connectivity index (χ1n) is 6.67. The third-order valence-corrected chi connectivity index (χ3v) is 3.17. The van der Waals surface area contributed by atoms with Crippen molar-refractivity contribution >= 4 is 23.1 Å². The van der Waals surface area contributed by atoms with E-state index in [0.29, 0.717) is 16.8 Å². The Morgan fingerprint density at radius 2 is 1.62 bits per heavy atom. The first-order valence-corrected chi connectivity index (χ1v) is 6.67. The largest absolute Gasteiger partial charge is 0.378 e. The highest BCUT2D eigenvalue weighted by molar-refractivity contribution is 6.05. The van der Waals surface area contributed by atoms with Crippen LogP contribution in [0, 0.1) is 0 Å². The van der Waals surface area contributed by atoms with Gasteiger partial charge in [0, 0.05) is 36.6 Å². The second kappa shape index (κ2) is 6.22. The SMILES string of the molecule is CC(=O)c1ccc(NC(=O)c2cccc(N(C)C)c2)cc1. The maximum atomic E-state index is 12.2. The van der Waals surface area contributed by atoms with Gasteiger partial charge in [0.25, 0.3) is 5.91 Å². The summed E-state index contributed by atoms with van der Waals surface area (Å²) < 4.78 is 0. The van der Waals surface area contributed by atoms with Crippen molar-refractivity contribution in [2.75, 3.05) is 24.3 Å². The standard InChI is InChI=1S/C17H18N2O2/c1-12(20)13-7-9-15(10-8-13)18-17(21)14-5-4-6-16(11-14)19(2)3/h4-11H,1-3H3,(H,18,21). The van der Waals surface area contributed by atoms with Crippen LogP contribution in [0.15, 0.2) is 48.5 Å². The molecule has 0 heterocycles. The fourth-order valence-electron chi connectivity index (χ4n) is 1.92. The normalized spacial score (nSPS) is 10.0. The molecule has 0 saturated heterocycles. The summed E-state index contributed by atoms with van der Waals surface area (Å²) in [5.74, 6) is -0.166. The number of hydrogen-bond donors (Lipinski definition) is 1. The van der Waals surface area contributed by atoms with Crippen molar-refractivity contribution in [3.63, 3.8) is 0 Å². The van der Waals surface area contributed by atoms with E-state index in [-0.39, 0.29) is 11.7 Å². The molecule has 108 valence electrons. The molecular weight excluding hydrogens is 264 g/mol. The molecule has 0 unspecified atom stereocenters. The Hall–Kier alpha value is -2.62. The number of nitrogens with one attached hydrogen (secondary N) is 1. The van der Waals surface area contributed by atoms with Crippen molar-refractivity contribution in [2.45, 2.75) is 6.92 Å². The first-order chi connectivity index (χ1) is 9.97. The molecule has 2 aromatic carbocycles. The number of anilines is 2. The van der Waals surface area contributed by atoms with Crippen LogP contribution in [-0.4, -0.2) is 25.8 Å². The number of carbonyl (C=O) groups is 2. The minimum absolute atomic E-state index is 0.00607. The van der Waals surface area contributed by atoms with E-state index < -0.39 is 0 Å². The number of ketones is 1. The number of benzene rings is 2. The lowest BCUT2D eigenvalue weighted by atomic mass is 10.1. The molecule has 0 spiro atoms. The monoisotopic (exact) mass is 282 g/mol. The third kappa shape index (κ3) is 3.69. The van der Waals surface area contributed by atoms with Crippen LogP contribution in [0.5, 0.6) is 0 Å². The van der Waals surface area contributed by atoms with Crippen molar-refractivity contribution in [2.24, 2.45) is 0 Å². The average molecular weight is 282 g/mol. The zero-order chi connectivity index (χ0) is 15.4. The Kier molecular flexibility index (Phi) is 4.38. The quantitative estimate of drug-likeness (QED) is 0.876. The zero-order valence-corrected chi connectivity index (χ0v) is 12.4. The van der Waals surface area contributed by atoms with E-state index in [1.807, 2.05) is 37.2 Å². The zero-order valence-electron chi connectivity index (χ0n) is 12.4. The maximum Gasteiger partial charge on any atom is 0.255 e. The van der Waals surface area contributed by atoms with E-state index in [9.17, 15) is 9.59 Å². The fraction of sp³-hybridized carbons (Fsp3) is 0.176. The summed E-state index contributed by atoms with van der Waals surface area (Å²) in [5, 5.41) is 2.82. The summed E-state index contributed by atoms with van der Waals surface area (Å²) in [6.45, 7) is 1.51. The molecule has 0 atom stereocenters. The van der Waals surface area contributed by atoms with E-state index in [4.69, 9.17) is 0 Å². The van der Waals surface area contributed by atoms with Crippen LogP contribution in [0.1, 0.15) is 27.6 Å². The van der Waals surface area contributed by atoms with E-state index >= 15 is 0 Å². The molecule has 0 aliphatic rings. The predicted molar refractivity (Wildman–Crippen MR) is 85.2 cm³/mol.